The van der Waals surface area contributed by atoms with E-state index >= 15 is 0 Å². The summed E-state index contributed by atoms with van der Waals surface area (Å²) < 4.78 is 0. The Kier molecular flexibility index (Phi) is 3.07. The van der Waals surface area contributed by atoms with Crippen molar-refractivity contribution >= 4 is 17.9 Å². The van der Waals surface area contributed by atoms with Gasteiger partial charge in [0.15, 0.2) is 0 Å². The van der Waals surface area contributed by atoms with Crippen LogP contribution in [0.3, 0.4) is 0 Å². The number of nitrogens with one attached hydrogen (secondary N) is 1. The van der Waals surface area contributed by atoms with Crippen molar-refractivity contribution < 1.29 is 9.59 Å². The summed E-state index contributed by atoms with van der Waals surface area (Å²) >= 11 is 0. The van der Waals surface area contributed by atoms with E-state index in [0.29, 0.717) is 5.57 Å². The van der Waals surface area contributed by atoms with Crippen molar-refractivity contribution in [3.8, 4) is 0 Å². The monoisotopic (exact) mass is 243 g/mol. The van der Waals surface area contributed by atoms with Crippen molar-refractivity contribution in [2.45, 2.75) is 32.6 Å². The summed E-state index contributed by atoms with van der Waals surface area (Å²) in [6, 6.07) is 8.06. The molecule has 0 atom stereocenters. The lowest BCUT2D eigenvalue weighted by atomic mass is 9.86. The molecule has 0 spiro atoms. The average molecular weight is 243 g/mol. The lowest BCUT2D eigenvalue weighted by molar-refractivity contribution is -0.124. The molecule has 1 aromatic rings. The van der Waals surface area contributed by atoms with E-state index in [1.165, 1.54) is 5.56 Å². The van der Waals surface area contributed by atoms with Crippen LogP contribution in [0.2, 0.25) is 0 Å². The molecule has 0 bridgehead atoms. The van der Waals surface area contributed by atoms with Gasteiger partial charge in [0.1, 0.15) is 0 Å². The Hall–Kier alpha value is -1.90. The maximum Gasteiger partial charge on any atom is 0.254 e. The fourth-order valence-corrected chi connectivity index (χ4v) is 1.90. The number of rotatable bonds is 1. The molecule has 3 heteroatoms. The van der Waals surface area contributed by atoms with Crippen molar-refractivity contribution in [1.29, 1.82) is 0 Å². The van der Waals surface area contributed by atoms with E-state index in [0.717, 1.165) is 5.56 Å². The van der Waals surface area contributed by atoms with Crippen LogP contribution >= 0.6 is 0 Å². The van der Waals surface area contributed by atoms with Crippen molar-refractivity contribution in [3.63, 3.8) is 0 Å². The zero-order valence-corrected chi connectivity index (χ0v) is 10.9. The largest absolute Gasteiger partial charge is 0.292 e. The number of benzene rings is 1. The lowest BCUT2D eigenvalue weighted by Crippen LogP contribution is -2.19. The molecule has 2 rings (SSSR count). The van der Waals surface area contributed by atoms with E-state index in [1.807, 2.05) is 12.1 Å². The molecule has 0 aliphatic carbocycles. The molecule has 1 aliphatic rings. The molecule has 94 valence electrons. The lowest BCUT2D eigenvalue weighted by Gasteiger charge is -2.18. The highest BCUT2D eigenvalue weighted by molar-refractivity contribution is 6.15. The van der Waals surface area contributed by atoms with Crippen LogP contribution in [0.5, 0.6) is 0 Å². The molecule has 0 unspecified atom stereocenters. The average Bonchev–Trinajstić information content (AvgIpc) is 2.57. The van der Waals surface area contributed by atoms with E-state index in [9.17, 15) is 9.59 Å². The zero-order chi connectivity index (χ0) is 13.3. The fourth-order valence-electron chi connectivity index (χ4n) is 1.90. The summed E-state index contributed by atoms with van der Waals surface area (Å²) in [6.45, 7) is 6.47. The Balaban J connectivity index is 2.24. The smallest absolute Gasteiger partial charge is 0.254 e. The van der Waals surface area contributed by atoms with Crippen LogP contribution in [0.25, 0.3) is 6.08 Å². The van der Waals surface area contributed by atoms with Crippen molar-refractivity contribution in [1.82, 2.24) is 5.32 Å². The molecule has 1 saturated heterocycles. The van der Waals surface area contributed by atoms with Gasteiger partial charge in [0.05, 0.1) is 6.42 Å². The molecule has 0 aromatic heterocycles. The molecule has 3 nitrogen and oxygen atoms in total. The summed E-state index contributed by atoms with van der Waals surface area (Å²) in [5.41, 5.74) is 2.84. The summed E-state index contributed by atoms with van der Waals surface area (Å²) in [5.74, 6) is -0.502. The van der Waals surface area contributed by atoms with Gasteiger partial charge in [-0.15, -0.1) is 0 Å². The Labute approximate surface area is 107 Å². The van der Waals surface area contributed by atoms with Crippen LogP contribution in [0, 0.1) is 0 Å². The second-order valence-electron chi connectivity index (χ2n) is 5.60. The maximum absolute atomic E-state index is 11.4. The van der Waals surface area contributed by atoms with Gasteiger partial charge < -0.3 is 0 Å². The van der Waals surface area contributed by atoms with Gasteiger partial charge in [-0.05, 0) is 22.6 Å². The highest BCUT2D eigenvalue weighted by Gasteiger charge is 2.23. The Morgan fingerprint density at radius 1 is 1.11 bits per heavy atom. The number of imide groups is 1. The first-order chi connectivity index (χ1) is 8.36. The summed E-state index contributed by atoms with van der Waals surface area (Å²) in [5, 5.41) is 2.28. The Morgan fingerprint density at radius 2 is 1.72 bits per heavy atom. The van der Waals surface area contributed by atoms with Gasteiger partial charge in [-0.3, -0.25) is 14.9 Å². The Bertz CT molecular complexity index is 518. The third kappa shape index (κ3) is 2.67. The van der Waals surface area contributed by atoms with Crippen LogP contribution in [0.1, 0.15) is 38.3 Å². The van der Waals surface area contributed by atoms with E-state index in [-0.39, 0.29) is 23.7 Å². The predicted octanol–water partition coefficient (Wildman–Crippen LogP) is 2.41. The first kappa shape index (κ1) is 12.6. The number of amides is 2. The molecule has 2 amide bonds. The van der Waals surface area contributed by atoms with Crippen LogP contribution in [0.15, 0.2) is 29.8 Å². The van der Waals surface area contributed by atoms with Crippen LogP contribution in [-0.4, -0.2) is 11.8 Å². The van der Waals surface area contributed by atoms with Crippen LogP contribution < -0.4 is 5.32 Å². The number of hydrogen-bond acceptors (Lipinski definition) is 2. The molecular weight excluding hydrogens is 226 g/mol. The quantitative estimate of drug-likeness (QED) is 0.608. The maximum atomic E-state index is 11.4. The number of carbonyl (C=O) groups is 2. The molecule has 1 N–H and O–H groups in total. The van der Waals surface area contributed by atoms with E-state index in [2.05, 4.69) is 38.2 Å². The molecular formula is C15H17NO2. The molecule has 18 heavy (non-hydrogen) atoms. The SMILES string of the molecule is CC(C)(C)c1ccc(C=C2CC(=O)NC2=O)cc1. The third-order valence-electron chi connectivity index (χ3n) is 3.01. The fraction of sp³-hybridized carbons (Fsp3) is 0.333. The minimum absolute atomic E-state index is 0.117. The van der Waals surface area contributed by atoms with E-state index in [1.54, 1.807) is 6.08 Å². The van der Waals surface area contributed by atoms with Crippen LogP contribution in [0.4, 0.5) is 0 Å². The summed E-state index contributed by atoms with van der Waals surface area (Å²) in [6.07, 6.45) is 1.95. The van der Waals surface area contributed by atoms with Gasteiger partial charge >= 0.3 is 0 Å². The van der Waals surface area contributed by atoms with Gasteiger partial charge in [-0.1, -0.05) is 45.0 Å². The van der Waals surface area contributed by atoms with Crippen molar-refractivity contribution in [2.75, 3.05) is 0 Å². The summed E-state index contributed by atoms with van der Waals surface area (Å²) in [4.78, 5) is 22.5. The Morgan fingerprint density at radius 3 is 2.17 bits per heavy atom. The second kappa shape index (κ2) is 4.41. The molecule has 0 saturated carbocycles. The minimum Gasteiger partial charge on any atom is -0.292 e. The molecule has 1 aromatic carbocycles. The predicted molar refractivity (Wildman–Crippen MR) is 70.9 cm³/mol. The summed E-state index contributed by atoms with van der Waals surface area (Å²) in [7, 11) is 0. The minimum atomic E-state index is -0.278. The second-order valence-corrected chi connectivity index (χ2v) is 5.60. The third-order valence-corrected chi connectivity index (χ3v) is 3.01. The van der Waals surface area contributed by atoms with Gasteiger partial charge in [-0.2, -0.15) is 0 Å². The van der Waals surface area contributed by atoms with E-state index in [4.69, 9.17) is 0 Å². The highest BCUT2D eigenvalue weighted by Crippen LogP contribution is 2.23. The number of hydrogen-bond donors (Lipinski definition) is 1. The zero-order valence-electron chi connectivity index (χ0n) is 10.9. The molecule has 0 radical (unpaired) electrons. The molecule has 1 fully saturated rings. The van der Waals surface area contributed by atoms with Crippen LogP contribution in [-0.2, 0) is 15.0 Å². The highest BCUT2D eigenvalue weighted by atomic mass is 16.2. The standard InChI is InChI=1S/C15H17NO2/c1-15(2,3)12-6-4-10(5-7-12)8-11-9-13(17)16-14(11)18/h4-8H,9H2,1-3H3,(H,16,17,18). The van der Waals surface area contributed by atoms with E-state index < -0.39 is 0 Å². The van der Waals surface area contributed by atoms with Gasteiger partial charge in [0.25, 0.3) is 5.91 Å². The van der Waals surface area contributed by atoms with Gasteiger partial charge in [-0.25, -0.2) is 0 Å². The molecule has 1 heterocycles. The van der Waals surface area contributed by atoms with Gasteiger partial charge in [0, 0.05) is 5.57 Å². The van der Waals surface area contributed by atoms with Crippen molar-refractivity contribution in [2.24, 2.45) is 0 Å². The first-order valence-corrected chi connectivity index (χ1v) is 6.01. The van der Waals surface area contributed by atoms with Crippen molar-refractivity contribution in [3.05, 3.63) is 41.0 Å². The molecule has 1 aliphatic heterocycles. The normalized spacial score (nSPS) is 18.3. The number of carbonyl (C=O) groups excluding carboxylic acids is 2. The topological polar surface area (TPSA) is 46.2 Å². The van der Waals surface area contributed by atoms with Gasteiger partial charge in [0.2, 0.25) is 5.91 Å². The first-order valence-electron chi connectivity index (χ1n) is 6.01.